The van der Waals surface area contributed by atoms with Gasteiger partial charge in [0.2, 0.25) is 0 Å². The largest absolute Gasteiger partial charge is 0.394 e. The first-order valence-electron chi connectivity index (χ1n) is 6.45. The molecule has 0 aromatic carbocycles. The number of aliphatic hydroxyl groups excluding tert-OH is 3. The molecule has 2 aromatic heterocycles. The Morgan fingerprint density at radius 2 is 2.10 bits per heavy atom. The Morgan fingerprint density at radius 3 is 2.76 bits per heavy atom. The molecule has 4 atom stereocenters. The maximum absolute atomic E-state index is 10.1. The number of aromatic nitrogens is 4. The molecule has 1 aliphatic rings. The van der Waals surface area contributed by atoms with Crippen LogP contribution in [0.25, 0.3) is 11.2 Å². The monoisotopic (exact) mass is 312 g/mol. The summed E-state index contributed by atoms with van der Waals surface area (Å²) in [5, 5.41) is 29.1. The predicted octanol–water partition coefficient (Wildman–Crippen LogP) is -0.699. The Morgan fingerprint density at radius 1 is 1.29 bits per heavy atom. The Kier molecular flexibility index (Phi) is 4.09. The van der Waals surface area contributed by atoms with Gasteiger partial charge in [0.15, 0.2) is 11.9 Å². The van der Waals surface area contributed by atoms with Crippen LogP contribution in [0.1, 0.15) is 11.9 Å². The molecule has 3 N–H and O–H groups in total. The van der Waals surface area contributed by atoms with E-state index in [0.29, 0.717) is 16.9 Å². The summed E-state index contributed by atoms with van der Waals surface area (Å²) in [4.78, 5) is 12.7. The van der Waals surface area contributed by atoms with Gasteiger partial charge in [-0.25, -0.2) is 15.0 Å². The van der Waals surface area contributed by atoms with E-state index < -0.39 is 24.5 Å². The molecule has 0 spiro atoms. The fourth-order valence-corrected chi connectivity index (χ4v) is 2.92. The van der Waals surface area contributed by atoms with Crippen LogP contribution >= 0.6 is 11.8 Å². The van der Waals surface area contributed by atoms with E-state index in [9.17, 15) is 10.2 Å². The summed E-state index contributed by atoms with van der Waals surface area (Å²) in [7, 11) is 0. The van der Waals surface area contributed by atoms with Crippen LogP contribution in [0.3, 0.4) is 0 Å². The minimum absolute atomic E-state index is 0.367. The lowest BCUT2D eigenvalue weighted by atomic mass is 10.1. The molecular weight excluding hydrogens is 296 g/mol. The molecule has 3 rings (SSSR count). The molecule has 9 heteroatoms. The number of fused-ring (bicyclic) bond motifs is 1. The van der Waals surface area contributed by atoms with Gasteiger partial charge in [-0.2, -0.15) is 11.8 Å². The van der Waals surface area contributed by atoms with Crippen LogP contribution in [-0.2, 0) is 10.5 Å². The van der Waals surface area contributed by atoms with Gasteiger partial charge in [0.25, 0.3) is 0 Å². The Labute approximate surface area is 124 Å². The maximum atomic E-state index is 10.1. The molecule has 0 bridgehead atoms. The molecule has 21 heavy (non-hydrogen) atoms. The smallest absolute Gasteiger partial charge is 0.165 e. The molecular formula is C12H16N4O4S. The van der Waals surface area contributed by atoms with Gasteiger partial charge in [0, 0.05) is 5.75 Å². The van der Waals surface area contributed by atoms with Crippen LogP contribution in [0.15, 0.2) is 12.7 Å². The van der Waals surface area contributed by atoms with E-state index in [0.717, 1.165) is 5.69 Å². The second-order valence-corrected chi connectivity index (χ2v) is 5.67. The summed E-state index contributed by atoms with van der Waals surface area (Å²) in [5.74, 6) is 0.700. The number of ether oxygens (including phenoxy) is 1. The Hall–Kier alpha value is -1.26. The van der Waals surface area contributed by atoms with Crippen LogP contribution in [-0.4, -0.2) is 66.0 Å². The molecule has 1 aliphatic heterocycles. The third-order valence-electron chi connectivity index (χ3n) is 3.51. The zero-order chi connectivity index (χ0) is 15.0. The molecule has 0 saturated carbocycles. The number of aliphatic hydroxyl groups is 3. The summed E-state index contributed by atoms with van der Waals surface area (Å²) >= 11 is 1.62. The molecule has 3 heterocycles. The van der Waals surface area contributed by atoms with Crippen molar-refractivity contribution in [3.05, 3.63) is 18.3 Å². The van der Waals surface area contributed by atoms with Gasteiger partial charge < -0.3 is 20.1 Å². The Balaban J connectivity index is 2.00. The lowest BCUT2D eigenvalue weighted by Crippen LogP contribution is -2.33. The van der Waals surface area contributed by atoms with E-state index in [1.165, 1.54) is 12.7 Å². The quantitative estimate of drug-likeness (QED) is 0.679. The number of hydrogen-bond acceptors (Lipinski definition) is 8. The lowest BCUT2D eigenvalue weighted by Gasteiger charge is -2.16. The van der Waals surface area contributed by atoms with E-state index in [4.69, 9.17) is 9.84 Å². The van der Waals surface area contributed by atoms with Crippen molar-refractivity contribution in [2.24, 2.45) is 0 Å². The standard InChI is InChI=1S/C12H16N4O4S/c1-21-3-6-8-11(14-4-13-6)16(5-15-8)12-10(19)9(18)7(2-17)20-12/h4-5,7,9-10,12,17-19H,2-3H2,1H3/t7-,9-,10-,12-/m1/s1. The summed E-state index contributed by atoms with van der Waals surface area (Å²) in [5.41, 5.74) is 1.98. The van der Waals surface area contributed by atoms with Crippen molar-refractivity contribution in [2.45, 2.75) is 30.3 Å². The highest BCUT2D eigenvalue weighted by molar-refractivity contribution is 7.97. The van der Waals surface area contributed by atoms with Crippen molar-refractivity contribution in [1.82, 2.24) is 19.5 Å². The van der Waals surface area contributed by atoms with Gasteiger partial charge in [-0.3, -0.25) is 4.57 Å². The number of hydrogen-bond donors (Lipinski definition) is 3. The lowest BCUT2D eigenvalue weighted by molar-refractivity contribution is -0.0511. The summed E-state index contributed by atoms with van der Waals surface area (Å²) in [6.07, 6.45) is 0.950. The molecule has 0 amide bonds. The van der Waals surface area contributed by atoms with Crippen molar-refractivity contribution in [3.63, 3.8) is 0 Å². The zero-order valence-corrected chi connectivity index (χ0v) is 12.1. The highest BCUT2D eigenvalue weighted by Gasteiger charge is 2.43. The van der Waals surface area contributed by atoms with Crippen molar-refractivity contribution >= 4 is 22.9 Å². The van der Waals surface area contributed by atoms with E-state index >= 15 is 0 Å². The van der Waals surface area contributed by atoms with Crippen molar-refractivity contribution in [1.29, 1.82) is 0 Å². The average Bonchev–Trinajstić information content (AvgIpc) is 3.03. The molecule has 0 unspecified atom stereocenters. The Bertz CT molecular complexity index is 637. The van der Waals surface area contributed by atoms with Crippen LogP contribution in [0, 0.1) is 0 Å². The first-order chi connectivity index (χ1) is 10.2. The zero-order valence-electron chi connectivity index (χ0n) is 11.3. The van der Waals surface area contributed by atoms with Gasteiger partial charge >= 0.3 is 0 Å². The summed E-state index contributed by atoms with van der Waals surface area (Å²) < 4.78 is 7.05. The summed E-state index contributed by atoms with van der Waals surface area (Å²) in [6.45, 7) is -0.367. The SMILES string of the molecule is CSCc1ncnc2c1ncn2[C@@H]1O[C@H](CO)[C@@H](O)[C@H]1O. The molecule has 114 valence electrons. The third kappa shape index (κ3) is 2.40. The molecule has 1 saturated heterocycles. The number of thioether (sulfide) groups is 1. The highest BCUT2D eigenvalue weighted by atomic mass is 32.2. The van der Waals surface area contributed by atoms with Crippen LogP contribution in [0.2, 0.25) is 0 Å². The van der Waals surface area contributed by atoms with Gasteiger partial charge in [-0.05, 0) is 6.26 Å². The highest BCUT2D eigenvalue weighted by Crippen LogP contribution is 2.31. The minimum Gasteiger partial charge on any atom is -0.394 e. The molecule has 8 nitrogen and oxygen atoms in total. The van der Waals surface area contributed by atoms with Crippen LogP contribution in [0.4, 0.5) is 0 Å². The topological polar surface area (TPSA) is 114 Å². The van der Waals surface area contributed by atoms with E-state index in [1.807, 2.05) is 6.26 Å². The fourth-order valence-electron chi connectivity index (χ4n) is 2.44. The maximum Gasteiger partial charge on any atom is 0.165 e. The average molecular weight is 312 g/mol. The predicted molar refractivity (Wildman–Crippen MR) is 75.6 cm³/mol. The van der Waals surface area contributed by atoms with Crippen molar-refractivity contribution in [3.8, 4) is 0 Å². The van der Waals surface area contributed by atoms with Gasteiger partial charge in [0.1, 0.15) is 30.2 Å². The first-order valence-corrected chi connectivity index (χ1v) is 7.84. The van der Waals surface area contributed by atoms with Gasteiger partial charge in [0.05, 0.1) is 18.6 Å². The minimum atomic E-state index is -1.15. The number of nitrogens with zero attached hydrogens (tertiary/aromatic N) is 4. The number of rotatable bonds is 4. The summed E-state index contributed by atoms with van der Waals surface area (Å²) in [6, 6.07) is 0. The second-order valence-electron chi connectivity index (χ2n) is 4.81. The normalized spacial score (nSPS) is 29.3. The van der Waals surface area contributed by atoms with Crippen LogP contribution < -0.4 is 0 Å². The molecule has 1 fully saturated rings. The van der Waals surface area contributed by atoms with Crippen LogP contribution in [0.5, 0.6) is 0 Å². The first kappa shape index (κ1) is 14.7. The fraction of sp³-hybridized carbons (Fsp3) is 0.583. The van der Waals surface area contributed by atoms with E-state index in [1.54, 1.807) is 16.3 Å². The molecule has 0 aliphatic carbocycles. The number of imidazole rings is 1. The third-order valence-corrected chi connectivity index (χ3v) is 4.07. The molecule has 0 radical (unpaired) electrons. The molecule has 2 aromatic rings. The second kappa shape index (κ2) is 5.85. The van der Waals surface area contributed by atoms with E-state index in [2.05, 4.69) is 15.0 Å². The van der Waals surface area contributed by atoms with Gasteiger partial charge in [-0.1, -0.05) is 0 Å². The van der Waals surface area contributed by atoms with E-state index in [-0.39, 0.29) is 6.61 Å². The van der Waals surface area contributed by atoms with Crippen molar-refractivity contribution in [2.75, 3.05) is 12.9 Å². The van der Waals surface area contributed by atoms with Gasteiger partial charge in [-0.15, -0.1) is 0 Å². The van der Waals surface area contributed by atoms with Crippen molar-refractivity contribution < 1.29 is 20.1 Å².